The third-order valence-corrected chi connectivity index (χ3v) is 3.42. The standard InChI is InChI=1S/C19H24FN3O3/c1-2-3-12-25-13-4-11-21-19(24)23-16-7-10-18(22-14-16)26-17-8-5-15(20)6-9-17/h5-10,14H,2-4,11-13H2,1H3,(H2,21,23,24). The highest BCUT2D eigenvalue weighted by molar-refractivity contribution is 5.88. The van der Waals surface area contributed by atoms with E-state index in [9.17, 15) is 9.18 Å². The Kier molecular flexibility index (Phi) is 8.35. The van der Waals surface area contributed by atoms with E-state index in [-0.39, 0.29) is 11.8 Å². The molecular formula is C19H24FN3O3. The van der Waals surface area contributed by atoms with E-state index in [0.717, 1.165) is 25.9 Å². The zero-order valence-corrected chi connectivity index (χ0v) is 14.8. The smallest absolute Gasteiger partial charge is 0.319 e. The molecule has 26 heavy (non-hydrogen) atoms. The van der Waals surface area contributed by atoms with Gasteiger partial charge in [-0.25, -0.2) is 14.2 Å². The molecule has 0 fully saturated rings. The molecule has 0 saturated carbocycles. The fourth-order valence-electron chi connectivity index (χ4n) is 2.04. The maximum absolute atomic E-state index is 12.9. The molecule has 2 N–H and O–H groups in total. The summed E-state index contributed by atoms with van der Waals surface area (Å²) in [6.45, 7) is 4.06. The van der Waals surface area contributed by atoms with Crippen molar-refractivity contribution in [2.45, 2.75) is 26.2 Å². The molecule has 6 nitrogen and oxygen atoms in total. The van der Waals surface area contributed by atoms with Crippen molar-refractivity contribution >= 4 is 11.7 Å². The number of aromatic nitrogens is 1. The van der Waals surface area contributed by atoms with Gasteiger partial charge in [-0.05, 0) is 43.2 Å². The van der Waals surface area contributed by atoms with Gasteiger partial charge in [-0.1, -0.05) is 13.3 Å². The molecule has 2 amide bonds. The number of hydrogen-bond donors (Lipinski definition) is 2. The van der Waals surface area contributed by atoms with Gasteiger partial charge in [-0.15, -0.1) is 0 Å². The largest absolute Gasteiger partial charge is 0.439 e. The second kappa shape index (κ2) is 11.0. The summed E-state index contributed by atoms with van der Waals surface area (Å²) >= 11 is 0. The van der Waals surface area contributed by atoms with Crippen molar-refractivity contribution in [2.24, 2.45) is 0 Å². The third kappa shape index (κ3) is 7.48. The number of rotatable bonds is 10. The summed E-state index contributed by atoms with van der Waals surface area (Å²) in [7, 11) is 0. The SMILES string of the molecule is CCCCOCCCNC(=O)Nc1ccc(Oc2ccc(F)cc2)nc1. The fourth-order valence-corrected chi connectivity index (χ4v) is 2.04. The Balaban J connectivity index is 1.67. The number of halogens is 1. The molecule has 0 bridgehead atoms. The summed E-state index contributed by atoms with van der Waals surface area (Å²) in [5.74, 6) is 0.508. The van der Waals surface area contributed by atoms with E-state index in [2.05, 4.69) is 22.5 Å². The molecule has 0 aliphatic carbocycles. The first-order valence-corrected chi connectivity index (χ1v) is 8.69. The minimum atomic E-state index is -0.330. The highest BCUT2D eigenvalue weighted by Crippen LogP contribution is 2.20. The van der Waals surface area contributed by atoms with E-state index >= 15 is 0 Å². The van der Waals surface area contributed by atoms with E-state index in [1.54, 1.807) is 12.1 Å². The van der Waals surface area contributed by atoms with Crippen LogP contribution in [0.4, 0.5) is 14.9 Å². The van der Waals surface area contributed by atoms with Crippen molar-refractivity contribution in [1.29, 1.82) is 0 Å². The van der Waals surface area contributed by atoms with Gasteiger partial charge >= 0.3 is 6.03 Å². The number of carbonyl (C=O) groups excluding carboxylic acids is 1. The van der Waals surface area contributed by atoms with Crippen molar-refractivity contribution < 1.29 is 18.7 Å². The van der Waals surface area contributed by atoms with Gasteiger partial charge in [0.2, 0.25) is 5.88 Å². The van der Waals surface area contributed by atoms with Gasteiger partial charge in [0, 0.05) is 25.8 Å². The molecule has 140 valence electrons. The molecule has 0 radical (unpaired) electrons. The maximum atomic E-state index is 12.9. The summed E-state index contributed by atoms with van der Waals surface area (Å²) in [6.07, 6.45) is 4.43. The molecular weight excluding hydrogens is 337 g/mol. The minimum Gasteiger partial charge on any atom is -0.439 e. The van der Waals surface area contributed by atoms with E-state index in [1.807, 2.05) is 0 Å². The van der Waals surface area contributed by atoms with Crippen LogP contribution in [-0.4, -0.2) is 30.8 Å². The Morgan fingerprint density at radius 3 is 2.58 bits per heavy atom. The fraction of sp³-hybridized carbons (Fsp3) is 0.368. The molecule has 0 aliphatic heterocycles. The number of nitrogens with one attached hydrogen (secondary N) is 2. The normalized spacial score (nSPS) is 10.4. The van der Waals surface area contributed by atoms with E-state index in [1.165, 1.54) is 30.5 Å². The van der Waals surface area contributed by atoms with Crippen LogP contribution in [0.1, 0.15) is 26.2 Å². The minimum absolute atomic E-state index is 0.299. The highest BCUT2D eigenvalue weighted by atomic mass is 19.1. The van der Waals surface area contributed by atoms with Gasteiger partial charge in [0.25, 0.3) is 0 Å². The number of carbonyl (C=O) groups is 1. The first-order chi connectivity index (χ1) is 12.7. The van der Waals surface area contributed by atoms with Crippen molar-refractivity contribution in [1.82, 2.24) is 10.3 Å². The lowest BCUT2D eigenvalue weighted by Crippen LogP contribution is -2.30. The molecule has 0 unspecified atom stereocenters. The van der Waals surface area contributed by atoms with Gasteiger partial charge in [0.1, 0.15) is 11.6 Å². The van der Waals surface area contributed by atoms with Crippen molar-refractivity contribution in [3.05, 3.63) is 48.4 Å². The molecule has 1 aromatic heterocycles. The number of ether oxygens (including phenoxy) is 2. The van der Waals surface area contributed by atoms with Crippen LogP contribution in [-0.2, 0) is 4.74 Å². The first-order valence-electron chi connectivity index (χ1n) is 8.69. The summed E-state index contributed by atoms with van der Waals surface area (Å²) in [5, 5.41) is 5.45. The van der Waals surface area contributed by atoms with Gasteiger partial charge < -0.3 is 20.1 Å². The van der Waals surface area contributed by atoms with Crippen LogP contribution < -0.4 is 15.4 Å². The number of benzene rings is 1. The van der Waals surface area contributed by atoms with Crippen LogP contribution in [0, 0.1) is 5.82 Å². The topological polar surface area (TPSA) is 72.5 Å². The molecule has 0 atom stereocenters. The van der Waals surface area contributed by atoms with E-state index in [0.29, 0.717) is 30.5 Å². The van der Waals surface area contributed by atoms with Crippen LogP contribution in [0.5, 0.6) is 11.6 Å². The number of hydrogen-bond acceptors (Lipinski definition) is 4. The first kappa shape index (κ1) is 19.7. The Morgan fingerprint density at radius 2 is 1.88 bits per heavy atom. The Labute approximate surface area is 152 Å². The van der Waals surface area contributed by atoms with Crippen LogP contribution in [0.2, 0.25) is 0 Å². The predicted octanol–water partition coefficient (Wildman–Crippen LogP) is 4.34. The lowest BCUT2D eigenvalue weighted by Gasteiger charge is -2.09. The molecule has 2 rings (SSSR count). The molecule has 1 heterocycles. The molecule has 0 aliphatic rings. The Hall–Kier alpha value is -2.67. The van der Waals surface area contributed by atoms with Crippen molar-refractivity contribution in [3.8, 4) is 11.6 Å². The lowest BCUT2D eigenvalue weighted by atomic mass is 10.3. The summed E-state index contributed by atoms with van der Waals surface area (Å²) in [4.78, 5) is 15.9. The van der Waals surface area contributed by atoms with Gasteiger partial charge in [0.05, 0.1) is 11.9 Å². The second-order valence-electron chi connectivity index (χ2n) is 5.64. The van der Waals surface area contributed by atoms with Crippen molar-refractivity contribution in [2.75, 3.05) is 25.1 Å². The quantitative estimate of drug-likeness (QED) is 0.618. The number of nitrogens with zero attached hydrogens (tertiary/aromatic N) is 1. The number of amides is 2. The molecule has 0 saturated heterocycles. The monoisotopic (exact) mass is 361 g/mol. The average Bonchev–Trinajstić information content (AvgIpc) is 2.64. The third-order valence-electron chi connectivity index (χ3n) is 3.42. The van der Waals surface area contributed by atoms with Crippen LogP contribution in [0.3, 0.4) is 0 Å². The number of unbranched alkanes of at least 4 members (excludes halogenated alkanes) is 1. The lowest BCUT2D eigenvalue weighted by molar-refractivity contribution is 0.129. The molecule has 1 aromatic carbocycles. The molecule has 0 spiro atoms. The Morgan fingerprint density at radius 1 is 1.12 bits per heavy atom. The van der Waals surface area contributed by atoms with Gasteiger partial charge in [0.15, 0.2) is 0 Å². The summed E-state index contributed by atoms with van der Waals surface area (Å²) < 4.78 is 23.8. The molecule has 2 aromatic rings. The predicted molar refractivity (Wildman–Crippen MR) is 98.1 cm³/mol. The van der Waals surface area contributed by atoms with Crippen LogP contribution in [0.25, 0.3) is 0 Å². The van der Waals surface area contributed by atoms with Crippen LogP contribution >= 0.6 is 0 Å². The molecule has 7 heteroatoms. The zero-order valence-electron chi connectivity index (χ0n) is 14.8. The Bertz CT molecular complexity index is 663. The van der Waals surface area contributed by atoms with E-state index in [4.69, 9.17) is 9.47 Å². The van der Waals surface area contributed by atoms with Crippen molar-refractivity contribution in [3.63, 3.8) is 0 Å². The summed E-state index contributed by atoms with van der Waals surface area (Å²) in [5.41, 5.74) is 0.549. The maximum Gasteiger partial charge on any atom is 0.319 e. The number of urea groups is 1. The number of pyridine rings is 1. The second-order valence-corrected chi connectivity index (χ2v) is 5.64. The van der Waals surface area contributed by atoms with Crippen LogP contribution in [0.15, 0.2) is 42.6 Å². The summed E-state index contributed by atoms with van der Waals surface area (Å²) in [6, 6.07) is 8.66. The average molecular weight is 361 g/mol. The van der Waals surface area contributed by atoms with E-state index < -0.39 is 0 Å². The van der Waals surface area contributed by atoms with Gasteiger partial charge in [-0.2, -0.15) is 0 Å². The number of anilines is 1. The van der Waals surface area contributed by atoms with Gasteiger partial charge in [-0.3, -0.25) is 0 Å². The zero-order chi connectivity index (χ0) is 18.6. The highest BCUT2D eigenvalue weighted by Gasteiger charge is 2.03.